The molecule has 0 aliphatic carbocycles. The summed E-state index contributed by atoms with van der Waals surface area (Å²) in [4.78, 5) is 11.1. The van der Waals surface area contributed by atoms with E-state index in [1.165, 1.54) is 10.1 Å². The summed E-state index contributed by atoms with van der Waals surface area (Å²) in [6.45, 7) is 2.25. The lowest BCUT2D eigenvalue weighted by Gasteiger charge is -1.97. The molecule has 0 N–H and O–H groups in total. The molecule has 1 aromatic carbocycles. The number of thiophene rings is 1. The molecule has 2 aromatic rings. The molecule has 0 unspecified atom stereocenters. The second-order valence-electron chi connectivity index (χ2n) is 3.63. The Hall–Kier alpha value is -1.61. The minimum Gasteiger partial charge on any atom is -0.466 e. The summed E-state index contributed by atoms with van der Waals surface area (Å²) in [7, 11) is 0. The van der Waals surface area contributed by atoms with Crippen LogP contribution in [0.25, 0.3) is 16.2 Å². The quantitative estimate of drug-likeness (QED) is 0.765. The number of carbonyl (C=O) groups is 1. The predicted octanol–water partition coefficient (Wildman–Crippen LogP) is 3.87. The average Bonchev–Trinajstić information content (AvgIpc) is 2.76. The lowest BCUT2D eigenvalue weighted by atomic mass is 10.1. The van der Waals surface area contributed by atoms with E-state index < -0.39 is 0 Å². The summed E-state index contributed by atoms with van der Waals surface area (Å²) in [5.74, 6) is -0.180. The van der Waals surface area contributed by atoms with Crippen molar-refractivity contribution in [1.29, 1.82) is 0 Å². The molecule has 0 radical (unpaired) electrons. The molecule has 0 saturated heterocycles. The van der Waals surface area contributed by atoms with E-state index >= 15 is 0 Å². The molecule has 0 fully saturated rings. The van der Waals surface area contributed by atoms with Gasteiger partial charge in [0.05, 0.1) is 13.0 Å². The van der Waals surface area contributed by atoms with Crippen LogP contribution in [0, 0.1) is 0 Å². The summed E-state index contributed by atoms with van der Waals surface area (Å²) in [5.41, 5.74) is 1.11. The maximum Gasteiger partial charge on any atom is 0.309 e. The smallest absolute Gasteiger partial charge is 0.309 e. The van der Waals surface area contributed by atoms with Crippen LogP contribution in [0.5, 0.6) is 0 Å². The third-order valence-electron chi connectivity index (χ3n) is 2.38. The fourth-order valence-electron chi connectivity index (χ4n) is 1.60. The van der Waals surface area contributed by atoms with Crippen LogP contribution in [0.3, 0.4) is 0 Å². The first kappa shape index (κ1) is 11.9. The van der Waals surface area contributed by atoms with Gasteiger partial charge in [-0.3, -0.25) is 4.79 Å². The zero-order valence-electron chi connectivity index (χ0n) is 9.68. The van der Waals surface area contributed by atoms with Crippen LogP contribution in [0.2, 0.25) is 0 Å². The van der Waals surface area contributed by atoms with Crippen LogP contribution in [0.4, 0.5) is 0 Å². The molecule has 0 amide bonds. The van der Waals surface area contributed by atoms with Crippen molar-refractivity contribution in [1.82, 2.24) is 0 Å². The second-order valence-corrected chi connectivity index (χ2v) is 4.58. The number of hydrogen-bond acceptors (Lipinski definition) is 3. The molecular weight excluding hydrogens is 232 g/mol. The summed E-state index contributed by atoms with van der Waals surface area (Å²) in [6, 6.07) is 8.38. The zero-order valence-corrected chi connectivity index (χ0v) is 10.5. The van der Waals surface area contributed by atoms with E-state index in [9.17, 15) is 4.79 Å². The zero-order chi connectivity index (χ0) is 12.1. The maximum atomic E-state index is 11.1. The van der Waals surface area contributed by atoms with Crippen molar-refractivity contribution in [3.8, 4) is 0 Å². The highest BCUT2D eigenvalue weighted by atomic mass is 32.1. The molecule has 17 heavy (non-hydrogen) atoms. The summed E-state index contributed by atoms with van der Waals surface area (Å²) in [5, 5.41) is 3.32. The number of esters is 1. The summed E-state index contributed by atoms with van der Waals surface area (Å²) in [6.07, 6.45) is 4.12. The third-order valence-corrected chi connectivity index (χ3v) is 3.27. The Bertz CT molecular complexity index is 540. The molecule has 0 saturated carbocycles. The lowest BCUT2D eigenvalue weighted by molar-refractivity contribution is -0.142. The number of carbonyl (C=O) groups excluding carboxylic acids is 1. The minimum atomic E-state index is -0.180. The van der Waals surface area contributed by atoms with Crippen LogP contribution in [0.1, 0.15) is 18.9 Å². The van der Waals surface area contributed by atoms with Crippen molar-refractivity contribution in [3.05, 3.63) is 41.3 Å². The normalized spacial score (nSPS) is 11.1. The third kappa shape index (κ3) is 3.17. The molecule has 3 heteroatoms. The highest BCUT2D eigenvalue weighted by Crippen LogP contribution is 2.22. The molecule has 2 nitrogen and oxygen atoms in total. The van der Waals surface area contributed by atoms with Crippen molar-refractivity contribution >= 4 is 33.5 Å². The van der Waals surface area contributed by atoms with Crippen LogP contribution in [-0.4, -0.2) is 12.6 Å². The largest absolute Gasteiger partial charge is 0.466 e. The van der Waals surface area contributed by atoms with E-state index in [1.807, 2.05) is 19.1 Å². The number of benzene rings is 1. The number of hydrogen-bond donors (Lipinski definition) is 0. The number of rotatable bonds is 4. The minimum absolute atomic E-state index is 0.180. The van der Waals surface area contributed by atoms with Crippen molar-refractivity contribution in [2.75, 3.05) is 6.61 Å². The highest BCUT2D eigenvalue weighted by molar-refractivity contribution is 7.17. The van der Waals surface area contributed by atoms with E-state index in [0.717, 1.165) is 5.56 Å². The molecule has 1 aromatic heterocycles. The Labute approximate surface area is 105 Å². The van der Waals surface area contributed by atoms with E-state index in [-0.39, 0.29) is 5.97 Å². The van der Waals surface area contributed by atoms with Crippen LogP contribution >= 0.6 is 11.3 Å². The van der Waals surface area contributed by atoms with Gasteiger partial charge in [-0.25, -0.2) is 0 Å². The second kappa shape index (κ2) is 5.64. The standard InChI is InChI=1S/C14H14O2S/c1-2-16-14(15)5-3-4-11-6-7-13-12(10-11)8-9-17-13/h3-4,6-10H,2,5H2,1H3. The fourth-order valence-corrected chi connectivity index (χ4v) is 2.37. The van der Waals surface area contributed by atoms with E-state index in [1.54, 1.807) is 11.3 Å². The SMILES string of the molecule is CCOC(=O)CC=Cc1ccc2sccc2c1. The molecule has 88 valence electrons. The molecule has 1 heterocycles. The van der Waals surface area contributed by atoms with E-state index in [4.69, 9.17) is 4.74 Å². The van der Waals surface area contributed by atoms with Crippen molar-refractivity contribution in [3.63, 3.8) is 0 Å². The average molecular weight is 246 g/mol. The Morgan fingerprint density at radius 3 is 3.12 bits per heavy atom. The van der Waals surface area contributed by atoms with Crippen LogP contribution < -0.4 is 0 Å². The van der Waals surface area contributed by atoms with Gasteiger partial charge in [-0.15, -0.1) is 11.3 Å². The van der Waals surface area contributed by atoms with Gasteiger partial charge < -0.3 is 4.74 Å². The first-order valence-corrected chi connectivity index (χ1v) is 6.47. The molecule has 0 spiro atoms. The van der Waals surface area contributed by atoms with Gasteiger partial charge in [-0.2, -0.15) is 0 Å². The number of fused-ring (bicyclic) bond motifs is 1. The van der Waals surface area contributed by atoms with E-state index in [2.05, 4.69) is 29.6 Å². The summed E-state index contributed by atoms with van der Waals surface area (Å²) < 4.78 is 6.13. The first-order chi connectivity index (χ1) is 8.29. The molecule has 0 aliphatic rings. The van der Waals surface area contributed by atoms with Gasteiger partial charge in [0, 0.05) is 4.70 Å². The molecule has 0 bridgehead atoms. The van der Waals surface area contributed by atoms with Gasteiger partial charge in [-0.05, 0) is 41.5 Å². The predicted molar refractivity (Wildman–Crippen MR) is 72.1 cm³/mol. The Morgan fingerprint density at radius 1 is 1.41 bits per heavy atom. The van der Waals surface area contributed by atoms with Crippen LogP contribution in [-0.2, 0) is 9.53 Å². The van der Waals surface area contributed by atoms with Gasteiger partial charge in [0.2, 0.25) is 0 Å². The summed E-state index contributed by atoms with van der Waals surface area (Å²) >= 11 is 1.73. The van der Waals surface area contributed by atoms with E-state index in [0.29, 0.717) is 13.0 Å². The van der Waals surface area contributed by atoms with Crippen LogP contribution in [0.15, 0.2) is 35.7 Å². The molecule has 0 atom stereocenters. The Morgan fingerprint density at radius 2 is 2.29 bits per heavy atom. The monoisotopic (exact) mass is 246 g/mol. The Kier molecular flexibility index (Phi) is 3.94. The highest BCUT2D eigenvalue weighted by Gasteiger charge is 1.97. The van der Waals surface area contributed by atoms with Crippen molar-refractivity contribution < 1.29 is 9.53 Å². The van der Waals surface area contributed by atoms with Gasteiger partial charge in [-0.1, -0.05) is 18.2 Å². The maximum absolute atomic E-state index is 11.1. The van der Waals surface area contributed by atoms with Gasteiger partial charge in [0.15, 0.2) is 0 Å². The molecular formula is C14H14O2S. The van der Waals surface area contributed by atoms with Crippen molar-refractivity contribution in [2.24, 2.45) is 0 Å². The first-order valence-electron chi connectivity index (χ1n) is 5.59. The molecule has 2 rings (SSSR count). The topological polar surface area (TPSA) is 26.3 Å². The Balaban J connectivity index is 2.02. The van der Waals surface area contributed by atoms with Crippen molar-refractivity contribution in [2.45, 2.75) is 13.3 Å². The fraction of sp³-hybridized carbons (Fsp3) is 0.214. The lowest BCUT2D eigenvalue weighted by Crippen LogP contribution is -2.01. The van der Waals surface area contributed by atoms with Gasteiger partial charge >= 0.3 is 5.97 Å². The molecule has 0 aliphatic heterocycles. The van der Waals surface area contributed by atoms with Gasteiger partial charge in [0.1, 0.15) is 0 Å². The number of ether oxygens (including phenoxy) is 1. The van der Waals surface area contributed by atoms with Gasteiger partial charge in [0.25, 0.3) is 0 Å².